The van der Waals surface area contributed by atoms with Crippen molar-refractivity contribution >= 4 is 21.6 Å². The van der Waals surface area contributed by atoms with Gasteiger partial charge in [-0.2, -0.15) is 4.31 Å². The number of hydrogen-bond donors (Lipinski definition) is 1. The zero-order chi connectivity index (χ0) is 21.4. The quantitative estimate of drug-likeness (QED) is 0.665. The van der Waals surface area contributed by atoms with Crippen molar-refractivity contribution in [2.75, 3.05) is 43.4 Å². The molecular weight excluding hydrogens is 398 g/mol. The van der Waals surface area contributed by atoms with Crippen LogP contribution in [0.25, 0.3) is 0 Å². The summed E-state index contributed by atoms with van der Waals surface area (Å²) in [4.78, 5) is 14.2. The number of carbonyl (C=O) groups excluding carboxylic acids is 1. The van der Waals surface area contributed by atoms with Gasteiger partial charge in [-0.3, -0.25) is 4.79 Å². The molecule has 0 unspecified atom stereocenters. The highest BCUT2D eigenvalue weighted by Gasteiger charge is 2.26. The van der Waals surface area contributed by atoms with Crippen molar-refractivity contribution in [2.24, 2.45) is 0 Å². The molecule has 162 valence electrons. The van der Waals surface area contributed by atoms with Crippen LogP contribution in [-0.4, -0.2) is 57.1 Å². The number of rotatable bonds is 9. The molecule has 0 saturated carbocycles. The molecule has 1 heterocycles. The highest BCUT2D eigenvalue weighted by Crippen LogP contribution is 2.19. The largest absolute Gasteiger partial charge is 0.369 e. The lowest BCUT2D eigenvalue weighted by Gasteiger charge is -2.35. The van der Waals surface area contributed by atoms with Gasteiger partial charge in [-0.25, -0.2) is 8.42 Å². The lowest BCUT2D eigenvalue weighted by atomic mass is 10.1. The molecule has 30 heavy (non-hydrogen) atoms. The second-order valence-electron chi connectivity index (χ2n) is 7.73. The van der Waals surface area contributed by atoms with E-state index in [1.165, 1.54) is 11.1 Å². The van der Waals surface area contributed by atoms with Gasteiger partial charge in [0.25, 0.3) is 0 Å². The van der Waals surface area contributed by atoms with Gasteiger partial charge < -0.3 is 10.2 Å². The molecule has 1 fully saturated rings. The zero-order valence-electron chi connectivity index (χ0n) is 17.6. The Bertz CT molecular complexity index is 924. The van der Waals surface area contributed by atoms with Gasteiger partial charge >= 0.3 is 0 Å². The summed E-state index contributed by atoms with van der Waals surface area (Å²) in [5, 5.41) is 2.75. The molecule has 0 aromatic heterocycles. The van der Waals surface area contributed by atoms with Crippen LogP contribution in [0.5, 0.6) is 0 Å². The molecule has 0 spiro atoms. The van der Waals surface area contributed by atoms with Gasteiger partial charge in [0.05, 0.1) is 5.75 Å². The monoisotopic (exact) mass is 429 g/mol. The molecule has 0 atom stereocenters. The van der Waals surface area contributed by atoms with E-state index in [1.54, 1.807) is 4.31 Å². The number of hydrogen-bond acceptors (Lipinski definition) is 4. The average molecular weight is 430 g/mol. The standard InChI is InChI=1S/C23H31N3O3S/c1-20-7-5-11-22(19-20)25-14-16-26(17-15-25)30(28,29)18-13-24-23(27)12-6-10-21-8-3-2-4-9-21/h2-5,7-9,11,19H,6,10,12-18H2,1H3,(H,24,27). The number of sulfonamides is 1. The van der Waals surface area contributed by atoms with Gasteiger partial charge in [0.2, 0.25) is 15.9 Å². The molecule has 0 radical (unpaired) electrons. The normalized spacial score (nSPS) is 15.2. The molecule has 3 rings (SSSR count). The number of anilines is 1. The summed E-state index contributed by atoms with van der Waals surface area (Å²) in [6.07, 6.45) is 2.01. The van der Waals surface area contributed by atoms with Crippen molar-refractivity contribution in [2.45, 2.75) is 26.2 Å². The van der Waals surface area contributed by atoms with Crippen molar-refractivity contribution in [1.29, 1.82) is 0 Å². The SMILES string of the molecule is Cc1cccc(N2CCN(S(=O)(=O)CCNC(=O)CCCc3ccccc3)CC2)c1. The molecule has 1 N–H and O–H groups in total. The molecule has 7 heteroatoms. The van der Waals surface area contributed by atoms with Crippen molar-refractivity contribution in [3.8, 4) is 0 Å². The summed E-state index contributed by atoms with van der Waals surface area (Å²) < 4.78 is 26.8. The summed E-state index contributed by atoms with van der Waals surface area (Å²) in [6.45, 7) is 4.51. The maximum Gasteiger partial charge on any atom is 0.220 e. The molecule has 1 aliphatic rings. The fourth-order valence-corrected chi connectivity index (χ4v) is 5.02. The maximum atomic E-state index is 12.6. The van der Waals surface area contributed by atoms with Gasteiger partial charge in [0.1, 0.15) is 0 Å². The van der Waals surface area contributed by atoms with Crippen LogP contribution in [0, 0.1) is 6.92 Å². The third-order valence-electron chi connectivity index (χ3n) is 5.39. The average Bonchev–Trinajstić information content (AvgIpc) is 2.74. The first-order valence-corrected chi connectivity index (χ1v) is 12.1. The van der Waals surface area contributed by atoms with E-state index in [0.29, 0.717) is 32.6 Å². The van der Waals surface area contributed by atoms with Crippen molar-refractivity contribution < 1.29 is 13.2 Å². The fourth-order valence-electron chi connectivity index (χ4n) is 3.68. The Kier molecular flexibility index (Phi) is 7.87. The number of nitrogens with zero attached hydrogens (tertiary/aromatic N) is 2. The van der Waals surface area contributed by atoms with E-state index in [-0.39, 0.29) is 18.2 Å². The number of amides is 1. The molecule has 0 bridgehead atoms. The van der Waals surface area contributed by atoms with E-state index in [4.69, 9.17) is 0 Å². The lowest BCUT2D eigenvalue weighted by Crippen LogP contribution is -2.50. The molecule has 2 aromatic rings. The maximum absolute atomic E-state index is 12.6. The minimum Gasteiger partial charge on any atom is -0.369 e. The van der Waals surface area contributed by atoms with Gasteiger partial charge in [0, 0.05) is 44.8 Å². The lowest BCUT2D eigenvalue weighted by molar-refractivity contribution is -0.121. The Balaban J connectivity index is 1.36. The minimum absolute atomic E-state index is 0.0537. The highest BCUT2D eigenvalue weighted by atomic mass is 32.2. The van der Waals surface area contributed by atoms with E-state index >= 15 is 0 Å². The van der Waals surface area contributed by atoms with Crippen LogP contribution in [0.4, 0.5) is 5.69 Å². The van der Waals surface area contributed by atoms with E-state index in [9.17, 15) is 13.2 Å². The Morgan fingerprint density at radius 1 is 1.00 bits per heavy atom. The van der Waals surface area contributed by atoms with E-state index < -0.39 is 10.0 Å². The number of piperazine rings is 1. The van der Waals surface area contributed by atoms with Crippen molar-refractivity contribution in [3.05, 3.63) is 65.7 Å². The highest BCUT2D eigenvalue weighted by molar-refractivity contribution is 7.89. The topological polar surface area (TPSA) is 69.7 Å². The van der Waals surface area contributed by atoms with Crippen LogP contribution in [-0.2, 0) is 21.2 Å². The summed E-state index contributed by atoms with van der Waals surface area (Å²) in [7, 11) is -3.36. The van der Waals surface area contributed by atoms with Gasteiger partial charge in [0.15, 0.2) is 0 Å². The van der Waals surface area contributed by atoms with Crippen LogP contribution >= 0.6 is 0 Å². The molecular formula is C23H31N3O3S. The van der Waals surface area contributed by atoms with Crippen LogP contribution < -0.4 is 10.2 Å². The number of aryl methyl sites for hydroxylation is 2. The number of carbonyl (C=O) groups is 1. The van der Waals surface area contributed by atoms with Crippen LogP contribution in [0.2, 0.25) is 0 Å². The third kappa shape index (κ3) is 6.57. The Hall–Kier alpha value is -2.38. The predicted octanol–water partition coefficient (Wildman–Crippen LogP) is 2.59. The van der Waals surface area contributed by atoms with Crippen LogP contribution in [0.1, 0.15) is 24.0 Å². The molecule has 6 nitrogen and oxygen atoms in total. The second kappa shape index (κ2) is 10.6. The first-order valence-electron chi connectivity index (χ1n) is 10.5. The number of nitrogens with one attached hydrogen (secondary N) is 1. The van der Waals surface area contributed by atoms with Crippen LogP contribution in [0.3, 0.4) is 0 Å². The van der Waals surface area contributed by atoms with Crippen LogP contribution in [0.15, 0.2) is 54.6 Å². The molecule has 0 aliphatic carbocycles. The van der Waals surface area contributed by atoms with Crippen molar-refractivity contribution in [3.63, 3.8) is 0 Å². The fraction of sp³-hybridized carbons (Fsp3) is 0.435. The number of benzene rings is 2. The molecule has 1 amide bonds. The minimum atomic E-state index is -3.36. The zero-order valence-corrected chi connectivity index (χ0v) is 18.4. The third-order valence-corrected chi connectivity index (χ3v) is 7.27. The molecule has 1 aliphatic heterocycles. The summed E-state index contributed by atoms with van der Waals surface area (Å²) >= 11 is 0. The summed E-state index contributed by atoms with van der Waals surface area (Å²) in [5.41, 5.74) is 3.54. The second-order valence-corrected chi connectivity index (χ2v) is 9.82. The summed E-state index contributed by atoms with van der Waals surface area (Å²) in [5.74, 6) is -0.146. The van der Waals surface area contributed by atoms with E-state index in [1.807, 2.05) is 36.4 Å². The van der Waals surface area contributed by atoms with Gasteiger partial charge in [-0.1, -0.05) is 42.5 Å². The van der Waals surface area contributed by atoms with Gasteiger partial charge in [-0.15, -0.1) is 0 Å². The first kappa shape index (κ1) is 22.3. The Morgan fingerprint density at radius 2 is 1.73 bits per heavy atom. The smallest absolute Gasteiger partial charge is 0.220 e. The Labute approximate surface area is 179 Å². The van der Waals surface area contributed by atoms with E-state index in [2.05, 4.69) is 35.3 Å². The predicted molar refractivity (Wildman–Crippen MR) is 121 cm³/mol. The molecule has 1 saturated heterocycles. The summed E-state index contributed by atoms with van der Waals surface area (Å²) in [6, 6.07) is 18.3. The Morgan fingerprint density at radius 3 is 2.43 bits per heavy atom. The van der Waals surface area contributed by atoms with E-state index in [0.717, 1.165) is 18.5 Å². The first-order chi connectivity index (χ1) is 14.4. The molecule has 2 aromatic carbocycles. The van der Waals surface area contributed by atoms with Gasteiger partial charge in [-0.05, 0) is 43.0 Å². The van der Waals surface area contributed by atoms with Crippen molar-refractivity contribution in [1.82, 2.24) is 9.62 Å².